The number of amides is 1. The molecule has 1 aliphatic rings. The number of carbonyl (C=O) groups is 1. The maximum Gasteiger partial charge on any atom is 0.410 e. The highest BCUT2D eigenvalue weighted by Gasteiger charge is 2.28. The second-order valence-electron chi connectivity index (χ2n) is 6.10. The molecule has 9 heteroatoms. The van der Waals surface area contributed by atoms with Crippen LogP contribution in [0.15, 0.2) is 12.4 Å². The second-order valence-corrected chi connectivity index (χ2v) is 6.10. The monoisotopic (exact) mass is 312 g/mol. The van der Waals surface area contributed by atoms with Crippen LogP contribution in [-0.4, -0.2) is 57.1 Å². The first kappa shape index (κ1) is 16.2. The summed E-state index contributed by atoms with van der Waals surface area (Å²) in [6.45, 7) is 7.00. The van der Waals surface area contributed by atoms with Gasteiger partial charge in [0.25, 0.3) is 0 Å². The molecule has 1 aromatic rings. The summed E-state index contributed by atoms with van der Waals surface area (Å²) in [4.78, 5) is 23.8. The number of aromatic nitrogens is 2. The van der Waals surface area contributed by atoms with Crippen LogP contribution in [0.3, 0.4) is 0 Å². The summed E-state index contributed by atoms with van der Waals surface area (Å²) >= 11 is 0. The number of carbonyl (C=O) groups excluding carboxylic acids is 1. The maximum absolute atomic E-state index is 12.0. The van der Waals surface area contributed by atoms with Crippen molar-refractivity contribution < 1.29 is 19.2 Å². The van der Waals surface area contributed by atoms with Crippen LogP contribution in [0.2, 0.25) is 0 Å². The molecule has 1 fully saturated rings. The van der Waals surface area contributed by atoms with Crippen molar-refractivity contribution in [2.75, 3.05) is 19.7 Å². The Morgan fingerprint density at radius 3 is 2.91 bits per heavy atom. The molecule has 0 N–H and O–H groups in total. The molecule has 0 spiro atoms. The molecule has 0 bridgehead atoms. The molecule has 2 rings (SSSR count). The molecule has 9 nitrogen and oxygen atoms in total. The Morgan fingerprint density at radius 1 is 1.59 bits per heavy atom. The maximum atomic E-state index is 12.0. The minimum Gasteiger partial charge on any atom is -0.444 e. The van der Waals surface area contributed by atoms with Gasteiger partial charge >= 0.3 is 11.8 Å². The quantitative estimate of drug-likeness (QED) is 0.618. The van der Waals surface area contributed by atoms with E-state index >= 15 is 0 Å². The van der Waals surface area contributed by atoms with Gasteiger partial charge in [-0.2, -0.15) is 5.10 Å². The zero-order chi connectivity index (χ0) is 16.3. The van der Waals surface area contributed by atoms with E-state index in [0.29, 0.717) is 26.2 Å². The average molecular weight is 312 g/mol. The van der Waals surface area contributed by atoms with Crippen molar-refractivity contribution in [1.29, 1.82) is 0 Å². The Morgan fingerprint density at radius 2 is 2.32 bits per heavy atom. The zero-order valence-electron chi connectivity index (χ0n) is 12.9. The van der Waals surface area contributed by atoms with Gasteiger partial charge in [0, 0.05) is 6.54 Å². The minimum absolute atomic E-state index is 0.0696. The van der Waals surface area contributed by atoms with Crippen molar-refractivity contribution in [2.24, 2.45) is 0 Å². The number of ether oxygens (including phenoxy) is 2. The van der Waals surface area contributed by atoms with Gasteiger partial charge < -0.3 is 14.4 Å². The number of morpholine rings is 1. The number of hydrogen-bond acceptors (Lipinski definition) is 6. The largest absolute Gasteiger partial charge is 0.444 e. The number of hydrogen-bond donors (Lipinski definition) is 0. The topological polar surface area (TPSA) is 99.7 Å². The minimum atomic E-state index is -0.548. The van der Waals surface area contributed by atoms with Crippen LogP contribution in [0.4, 0.5) is 10.5 Å². The molecule has 0 unspecified atom stereocenters. The third kappa shape index (κ3) is 4.42. The molecule has 0 saturated carbocycles. The first-order valence-corrected chi connectivity index (χ1v) is 7.01. The molecule has 1 amide bonds. The van der Waals surface area contributed by atoms with Crippen molar-refractivity contribution in [3.8, 4) is 0 Å². The second kappa shape index (κ2) is 6.30. The summed E-state index contributed by atoms with van der Waals surface area (Å²) in [5, 5.41) is 14.6. The van der Waals surface area contributed by atoms with E-state index in [4.69, 9.17) is 9.47 Å². The fourth-order valence-electron chi connectivity index (χ4n) is 2.08. The highest BCUT2D eigenvalue weighted by Crippen LogP contribution is 2.15. The fraction of sp³-hybridized carbons (Fsp3) is 0.692. The van der Waals surface area contributed by atoms with Gasteiger partial charge in [-0.1, -0.05) is 0 Å². The molecule has 122 valence electrons. The van der Waals surface area contributed by atoms with E-state index in [0.717, 1.165) is 0 Å². The summed E-state index contributed by atoms with van der Waals surface area (Å²) < 4.78 is 12.4. The molecular weight excluding hydrogens is 292 g/mol. The van der Waals surface area contributed by atoms with Crippen molar-refractivity contribution in [2.45, 2.75) is 39.0 Å². The predicted molar refractivity (Wildman–Crippen MR) is 76.4 cm³/mol. The molecule has 1 aliphatic heterocycles. The molecule has 2 heterocycles. The number of rotatable bonds is 3. The lowest BCUT2D eigenvalue weighted by atomic mass is 10.2. The molecule has 0 aliphatic carbocycles. The van der Waals surface area contributed by atoms with Crippen LogP contribution in [0.5, 0.6) is 0 Å². The van der Waals surface area contributed by atoms with E-state index in [2.05, 4.69) is 5.10 Å². The van der Waals surface area contributed by atoms with Crippen LogP contribution in [-0.2, 0) is 16.0 Å². The Bertz CT molecular complexity index is 551. The zero-order valence-corrected chi connectivity index (χ0v) is 12.9. The van der Waals surface area contributed by atoms with Gasteiger partial charge in [-0.15, -0.1) is 0 Å². The van der Waals surface area contributed by atoms with Crippen LogP contribution in [0.25, 0.3) is 0 Å². The Balaban J connectivity index is 1.92. The van der Waals surface area contributed by atoms with Gasteiger partial charge in [0.05, 0.1) is 30.7 Å². The molecule has 1 atom stereocenters. The molecular formula is C13H20N4O5. The predicted octanol–water partition coefficient (Wildman–Crippen LogP) is 1.43. The average Bonchev–Trinajstić information content (AvgIpc) is 2.86. The standard InChI is InChI=1S/C13H20N4O5/c1-13(2,3)22-12(18)15-4-5-21-11(8-15)9-16-7-10(6-14-16)17(19)20/h6-7,11H,4-5,8-9H2,1-3H3/t11-/m1/s1. The SMILES string of the molecule is CC(C)(C)OC(=O)N1CCO[C@@H](Cn2cc([N+](=O)[O-])cn2)C1. The van der Waals surface area contributed by atoms with E-state index in [-0.39, 0.29) is 17.9 Å². The fourth-order valence-corrected chi connectivity index (χ4v) is 2.08. The lowest BCUT2D eigenvalue weighted by Crippen LogP contribution is -2.48. The van der Waals surface area contributed by atoms with Crippen LogP contribution in [0.1, 0.15) is 20.8 Å². The summed E-state index contributed by atoms with van der Waals surface area (Å²) in [7, 11) is 0. The first-order valence-electron chi connectivity index (χ1n) is 7.01. The number of nitro groups is 1. The molecule has 0 radical (unpaired) electrons. The summed E-state index contributed by atoms with van der Waals surface area (Å²) in [6.07, 6.45) is 1.87. The van der Waals surface area contributed by atoms with Gasteiger partial charge in [0.15, 0.2) is 0 Å². The van der Waals surface area contributed by atoms with E-state index in [1.165, 1.54) is 17.1 Å². The van der Waals surface area contributed by atoms with Crippen molar-refractivity contribution >= 4 is 11.8 Å². The first-order chi connectivity index (χ1) is 10.2. The summed E-state index contributed by atoms with van der Waals surface area (Å²) in [6, 6.07) is 0. The van der Waals surface area contributed by atoms with Gasteiger partial charge in [0.2, 0.25) is 0 Å². The molecule has 1 saturated heterocycles. The smallest absolute Gasteiger partial charge is 0.410 e. The van der Waals surface area contributed by atoms with E-state index in [1.54, 1.807) is 4.90 Å². The van der Waals surface area contributed by atoms with Crippen molar-refractivity contribution in [3.63, 3.8) is 0 Å². The van der Waals surface area contributed by atoms with Gasteiger partial charge in [-0.25, -0.2) is 4.79 Å². The lowest BCUT2D eigenvalue weighted by Gasteiger charge is -2.34. The van der Waals surface area contributed by atoms with Crippen LogP contribution < -0.4 is 0 Å². The highest BCUT2D eigenvalue weighted by molar-refractivity contribution is 5.68. The normalized spacial score (nSPS) is 19.0. The Kier molecular flexibility index (Phi) is 4.65. The lowest BCUT2D eigenvalue weighted by molar-refractivity contribution is -0.385. The van der Waals surface area contributed by atoms with E-state index in [1.807, 2.05) is 20.8 Å². The number of nitrogens with zero attached hydrogens (tertiary/aromatic N) is 4. The van der Waals surface area contributed by atoms with Crippen LogP contribution in [0, 0.1) is 10.1 Å². The van der Waals surface area contributed by atoms with Gasteiger partial charge in [-0.3, -0.25) is 14.8 Å². The molecule has 22 heavy (non-hydrogen) atoms. The third-order valence-corrected chi connectivity index (χ3v) is 3.01. The van der Waals surface area contributed by atoms with Gasteiger partial charge in [-0.05, 0) is 20.8 Å². The third-order valence-electron chi connectivity index (χ3n) is 3.01. The Labute approximate surface area is 127 Å². The summed E-state index contributed by atoms with van der Waals surface area (Å²) in [5.74, 6) is 0. The molecule has 0 aromatic carbocycles. The van der Waals surface area contributed by atoms with Gasteiger partial charge in [0.1, 0.15) is 18.0 Å². The summed E-state index contributed by atoms with van der Waals surface area (Å²) in [5.41, 5.74) is -0.618. The Hall–Kier alpha value is -2.16. The van der Waals surface area contributed by atoms with Crippen molar-refractivity contribution in [1.82, 2.24) is 14.7 Å². The van der Waals surface area contributed by atoms with Crippen molar-refractivity contribution in [3.05, 3.63) is 22.5 Å². The highest BCUT2D eigenvalue weighted by atomic mass is 16.6. The van der Waals surface area contributed by atoms with E-state index in [9.17, 15) is 14.9 Å². The van der Waals surface area contributed by atoms with Crippen LogP contribution >= 0.6 is 0 Å². The molecule has 1 aromatic heterocycles. The van der Waals surface area contributed by atoms with E-state index < -0.39 is 10.5 Å².